The maximum absolute atomic E-state index is 12.9. The summed E-state index contributed by atoms with van der Waals surface area (Å²) in [6.07, 6.45) is 1.51. The Balaban J connectivity index is 1.72. The van der Waals surface area contributed by atoms with Crippen LogP contribution in [0, 0.1) is 5.82 Å². The van der Waals surface area contributed by atoms with Gasteiger partial charge in [-0.25, -0.2) is 4.39 Å². The van der Waals surface area contributed by atoms with E-state index in [-0.39, 0.29) is 17.4 Å². The van der Waals surface area contributed by atoms with Gasteiger partial charge in [-0.3, -0.25) is 14.6 Å². The van der Waals surface area contributed by atoms with Gasteiger partial charge in [0.1, 0.15) is 11.5 Å². The fourth-order valence-electron chi connectivity index (χ4n) is 2.41. The average molecular weight is 364 g/mol. The Morgan fingerprint density at radius 2 is 1.56 bits per heavy atom. The molecule has 0 unspecified atom stereocenters. The van der Waals surface area contributed by atoms with E-state index in [1.807, 2.05) is 6.07 Å². The lowest BCUT2D eigenvalue weighted by Gasteiger charge is -2.10. The van der Waals surface area contributed by atoms with Crippen molar-refractivity contribution < 1.29 is 14.0 Å². The molecule has 2 aromatic carbocycles. The van der Waals surface area contributed by atoms with Crippen LogP contribution in [0.2, 0.25) is 0 Å². The monoisotopic (exact) mass is 364 g/mol. The molecule has 2 amide bonds. The van der Waals surface area contributed by atoms with Crippen LogP contribution in [0.25, 0.3) is 0 Å². The molecule has 0 saturated carbocycles. The second-order valence-corrected chi connectivity index (χ2v) is 5.78. The number of carbonyl (C=O) groups excluding carboxylic acids is 2. The minimum atomic E-state index is -0.405. The maximum Gasteiger partial charge on any atom is 0.274 e. The Kier molecular flexibility index (Phi) is 5.41. The predicted octanol–water partition coefficient (Wildman–Crippen LogP) is 4.18. The number of halogens is 1. The zero-order valence-corrected chi connectivity index (χ0v) is 14.5. The van der Waals surface area contributed by atoms with Crippen molar-refractivity contribution in [1.29, 1.82) is 0 Å². The average Bonchev–Trinajstić information content (AvgIpc) is 2.63. The van der Waals surface area contributed by atoms with Crippen LogP contribution in [0.4, 0.5) is 27.1 Å². The van der Waals surface area contributed by atoms with Crippen molar-refractivity contribution in [2.24, 2.45) is 0 Å². The summed E-state index contributed by atoms with van der Waals surface area (Å²) in [6.45, 7) is 1.44. The molecular weight excluding hydrogens is 347 g/mol. The van der Waals surface area contributed by atoms with Crippen molar-refractivity contribution in [1.82, 2.24) is 4.98 Å². The quantitative estimate of drug-likeness (QED) is 0.634. The van der Waals surface area contributed by atoms with E-state index in [1.54, 1.807) is 30.3 Å². The molecule has 1 aromatic heterocycles. The van der Waals surface area contributed by atoms with Crippen LogP contribution in [0.3, 0.4) is 0 Å². The fourth-order valence-corrected chi connectivity index (χ4v) is 2.41. The minimum Gasteiger partial charge on any atom is -0.355 e. The Bertz CT molecular complexity index is 974. The molecule has 0 aliphatic carbocycles. The van der Waals surface area contributed by atoms with Gasteiger partial charge in [0.25, 0.3) is 5.91 Å². The summed E-state index contributed by atoms with van der Waals surface area (Å²) in [5.74, 6) is -0.938. The van der Waals surface area contributed by atoms with E-state index in [1.165, 1.54) is 37.4 Å². The number of pyridine rings is 1. The van der Waals surface area contributed by atoms with Crippen LogP contribution in [0.5, 0.6) is 0 Å². The molecule has 0 atom stereocenters. The van der Waals surface area contributed by atoms with Gasteiger partial charge in [0.05, 0.1) is 0 Å². The topological polar surface area (TPSA) is 83.1 Å². The number of aromatic nitrogens is 1. The molecule has 1 heterocycles. The van der Waals surface area contributed by atoms with Crippen molar-refractivity contribution >= 4 is 34.6 Å². The number of rotatable bonds is 5. The first kappa shape index (κ1) is 18.1. The molecule has 27 heavy (non-hydrogen) atoms. The van der Waals surface area contributed by atoms with Crippen molar-refractivity contribution in [2.75, 3.05) is 16.0 Å². The molecule has 0 saturated heterocycles. The third-order valence-electron chi connectivity index (χ3n) is 3.57. The lowest BCUT2D eigenvalue weighted by atomic mass is 10.2. The van der Waals surface area contributed by atoms with Gasteiger partial charge in [0, 0.05) is 35.9 Å². The molecule has 7 heteroatoms. The molecule has 6 nitrogen and oxygen atoms in total. The Labute approximate surface area is 155 Å². The summed E-state index contributed by atoms with van der Waals surface area (Å²) >= 11 is 0. The second kappa shape index (κ2) is 8.09. The van der Waals surface area contributed by atoms with Crippen molar-refractivity contribution in [2.45, 2.75) is 6.92 Å². The number of hydrogen-bond acceptors (Lipinski definition) is 4. The molecule has 0 fully saturated rings. The highest BCUT2D eigenvalue weighted by atomic mass is 19.1. The summed E-state index contributed by atoms with van der Waals surface area (Å²) in [6, 6.07) is 16.0. The van der Waals surface area contributed by atoms with Crippen LogP contribution in [-0.4, -0.2) is 16.8 Å². The highest BCUT2D eigenvalue weighted by molar-refractivity contribution is 6.03. The summed E-state index contributed by atoms with van der Waals surface area (Å²) in [4.78, 5) is 27.6. The summed E-state index contributed by atoms with van der Waals surface area (Å²) in [5, 5.41) is 8.54. The van der Waals surface area contributed by atoms with E-state index in [4.69, 9.17) is 0 Å². The SMILES string of the molecule is CC(=O)Nc1cccc(Nc2ccnc(C(=O)Nc3ccc(F)cc3)c2)c1. The lowest BCUT2D eigenvalue weighted by Crippen LogP contribution is -2.13. The number of nitrogens with zero attached hydrogens (tertiary/aromatic N) is 1. The number of anilines is 4. The standard InChI is InChI=1S/C20H17FN4O2/c1-13(26)23-16-3-2-4-17(11-16)24-18-9-10-22-19(12-18)20(27)25-15-7-5-14(21)6-8-15/h2-12H,1H3,(H,22,24)(H,23,26)(H,25,27). The van der Waals surface area contributed by atoms with Gasteiger partial charge in [0.15, 0.2) is 0 Å². The third-order valence-corrected chi connectivity index (χ3v) is 3.57. The van der Waals surface area contributed by atoms with E-state index >= 15 is 0 Å². The molecule has 3 aromatic rings. The molecular formula is C20H17FN4O2. The smallest absolute Gasteiger partial charge is 0.274 e. The first-order valence-electron chi connectivity index (χ1n) is 8.17. The highest BCUT2D eigenvalue weighted by Gasteiger charge is 2.09. The van der Waals surface area contributed by atoms with Gasteiger partial charge >= 0.3 is 0 Å². The van der Waals surface area contributed by atoms with E-state index in [2.05, 4.69) is 20.9 Å². The van der Waals surface area contributed by atoms with Gasteiger partial charge in [-0.1, -0.05) is 6.07 Å². The number of amides is 2. The first-order valence-corrected chi connectivity index (χ1v) is 8.17. The van der Waals surface area contributed by atoms with Crippen molar-refractivity contribution in [3.05, 3.63) is 78.4 Å². The van der Waals surface area contributed by atoms with Crippen molar-refractivity contribution in [3.8, 4) is 0 Å². The molecule has 3 rings (SSSR count). The van der Waals surface area contributed by atoms with E-state index < -0.39 is 5.91 Å². The predicted molar refractivity (Wildman–Crippen MR) is 103 cm³/mol. The molecule has 0 aliphatic rings. The fraction of sp³-hybridized carbons (Fsp3) is 0.0500. The normalized spacial score (nSPS) is 10.1. The third kappa shape index (κ3) is 5.12. The van der Waals surface area contributed by atoms with Crippen LogP contribution in [0.1, 0.15) is 17.4 Å². The van der Waals surface area contributed by atoms with Crippen molar-refractivity contribution in [3.63, 3.8) is 0 Å². The zero-order valence-electron chi connectivity index (χ0n) is 14.5. The van der Waals surface area contributed by atoms with E-state index in [0.717, 1.165) is 5.69 Å². The molecule has 136 valence electrons. The van der Waals surface area contributed by atoms with E-state index in [0.29, 0.717) is 17.1 Å². The highest BCUT2D eigenvalue weighted by Crippen LogP contribution is 2.21. The number of carbonyl (C=O) groups is 2. The number of hydrogen-bond donors (Lipinski definition) is 3. The molecule has 0 radical (unpaired) electrons. The Hall–Kier alpha value is -3.74. The van der Waals surface area contributed by atoms with Gasteiger partial charge in [0.2, 0.25) is 5.91 Å². The van der Waals surface area contributed by atoms with Crippen LogP contribution in [0.15, 0.2) is 66.9 Å². The maximum atomic E-state index is 12.9. The van der Waals surface area contributed by atoms with Crippen LogP contribution in [-0.2, 0) is 4.79 Å². The number of benzene rings is 2. The summed E-state index contributed by atoms with van der Waals surface area (Å²) in [5.41, 5.74) is 2.76. The first-order chi connectivity index (χ1) is 13.0. The minimum absolute atomic E-state index is 0.157. The molecule has 0 spiro atoms. The van der Waals surface area contributed by atoms with Crippen LogP contribution < -0.4 is 16.0 Å². The van der Waals surface area contributed by atoms with Gasteiger partial charge in [-0.05, 0) is 54.6 Å². The van der Waals surface area contributed by atoms with Gasteiger partial charge in [-0.15, -0.1) is 0 Å². The second-order valence-electron chi connectivity index (χ2n) is 5.78. The molecule has 0 bridgehead atoms. The van der Waals surface area contributed by atoms with Gasteiger partial charge in [-0.2, -0.15) is 0 Å². The Morgan fingerprint density at radius 3 is 2.30 bits per heavy atom. The lowest BCUT2D eigenvalue weighted by molar-refractivity contribution is -0.114. The van der Waals surface area contributed by atoms with Crippen LogP contribution >= 0.6 is 0 Å². The largest absolute Gasteiger partial charge is 0.355 e. The number of nitrogens with one attached hydrogen (secondary N) is 3. The summed E-state index contributed by atoms with van der Waals surface area (Å²) in [7, 11) is 0. The molecule has 0 aliphatic heterocycles. The van der Waals surface area contributed by atoms with E-state index in [9.17, 15) is 14.0 Å². The summed E-state index contributed by atoms with van der Waals surface area (Å²) < 4.78 is 12.9. The van der Waals surface area contributed by atoms with Gasteiger partial charge < -0.3 is 16.0 Å². The Morgan fingerprint density at radius 1 is 0.852 bits per heavy atom. The molecule has 3 N–H and O–H groups in total. The zero-order chi connectivity index (χ0) is 19.2.